The van der Waals surface area contributed by atoms with Gasteiger partial charge in [0, 0.05) is 55.3 Å². The molecular formula is C29H33FN8O. The number of hydrogen-bond donors (Lipinski definition) is 2. The third kappa shape index (κ3) is 6.01. The number of aromatic nitrogens is 5. The molecule has 1 saturated heterocycles. The molecule has 1 atom stereocenters. The Balaban J connectivity index is 1.27. The van der Waals surface area contributed by atoms with Crippen LogP contribution in [0.25, 0.3) is 22.2 Å². The van der Waals surface area contributed by atoms with E-state index in [1.165, 1.54) is 26.2 Å². The van der Waals surface area contributed by atoms with Crippen molar-refractivity contribution in [3.63, 3.8) is 0 Å². The monoisotopic (exact) mass is 528 g/mol. The van der Waals surface area contributed by atoms with Crippen LogP contribution in [0.2, 0.25) is 0 Å². The zero-order valence-electron chi connectivity index (χ0n) is 22.5. The highest BCUT2D eigenvalue weighted by Crippen LogP contribution is 2.28. The first-order valence-corrected chi connectivity index (χ1v) is 13.3. The number of nitrogens with zero attached hydrogens (tertiary/aromatic N) is 6. The average molecular weight is 529 g/mol. The van der Waals surface area contributed by atoms with Gasteiger partial charge >= 0.3 is 0 Å². The number of fused-ring (bicyclic) bond motifs is 1. The van der Waals surface area contributed by atoms with Gasteiger partial charge in [0.2, 0.25) is 0 Å². The van der Waals surface area contributed by atoms with E-state index in [2.05, 4.69) is 47.5 Å². The van der Waals surface area contributed by atoms with Crippen molar-refractivity contribution in [3.8, 4) is 11.3 Å². The lowest BCUT2D eigenvalue weighted by atomic mass is 9.93. The fourth-order valence-corrected chi connectivity index (χ4v) is 5.07. The van der Waals surface area contributed by atoms with E-state index in [1.807, 2.05) is 37.5 Å². The molecule has 9 nitrogen and oxygen atoms in total. The minimum atomic E-state index is -0.642. The van der Waals surface area contributed by atoms with Crippen LogP contribution in [0.15, 0.2) is 49.2 Å². The molecule has 1 amide bonds. The molecule has 0 radical (unpaired) electrons. The normalized spacial score (nSPS) is 15.3. The predicted octanol–water partition coefficient (Wildman–Crippen LogP) is 4.08. The number of rotatable bonds is 8. The van der Waals surface area contributed by atoms with Crippen LogP contribution < -0.4 is 10.6 Å². The first-order chi connectivity index (χ1) is 18.9. The average Bonchev–Trinajstić information content (AvgIpc) is 2.97. The molecule has 0 spiro atoms. The van der Waals surface area contributed by atoms with Crippen LogP contribution >= 0.6 is 0 Å². The zero-order valence-corrected chi connectivity index (χ0v) is 22.5. The molecule has 10 heteroatoms. The smallest absolute Gasteiger partial charge is 0.254 e. The van der Waals surface area contributed by atoms with Crippen molar-refractivity contribution in [3.05, 3.63) is 72.0 Å². The van der Waals surface area contributed by atoms with Crippen molar-refractivity contribution >= 4 is 22.6 Å². The molecule has 1 aromatic carbocycles. The van der Waals surface area contributed by atoms with Gasteiger partial charge in [-0.1, -0.05) is 25.1 Å². The highest BCUT2D eigenvalue weighted by molar-refractivity contribution is 6.06. The Morgan fingerprint density at radius 3 is 2.62 bits per heavy atom. The number of para-hydroxylation sites is 1. The maximum absolute atomic E-state index is 14.4. The van der Waals surface area contributed by atoms with Gasteiger partial charge in [-0.3, -0.25) is 9.78 Å². The van der Waals surface area contributed by atoms with Gasteiger partial charge < -0.3 is 15.5 Å². The number of amides is 1. The number of halogens is 1. The highest BCUT2D eigenvalue weighted by Gasteiger charge is 2.20. The van der Waals surface area contributed by atoms with E-state index >= 15 is 0 Å². The van der Waals surface area contributed by atoms with Crippen molar-refractivity contribution in [1.29, 1.82) is 0 Å². The highest BCUT2D eigenvalue weighted by atomic mass is 19.1. The summed E-state index contributed by atoms with van der Waals surface area (Å²) in [6.07, 6.45) is 9.56. The van der Waals surface area contributed by atoms with Gasteiger partial charge in [0.25, 0.3) is 5.91 Å². The third-order valence-electron chi connectivity index (χ3n) is 7.43. The minimum Gasteiger partial charge on any atom is -0.369 e. The van der Waals surface area contributed by atoms with Crippen molar-refractivity contribution in [1.82, 2.24) is 35.1 Å². The number of hydrogen-bond acceptors (Lipinski definition) is 8. The Hall–Kier alpha value is -4.05. The fourth-order valence-electron chi connectivity index (χ4n) is 5.07. The predicted molar refractivity (Wildman–Crippen MR) is 149 cm³/mol. The molecule has 1 aliphatic heterocycles. The molecule has 5 rings (SSSR count). The summed E-state index contributed by atoms with van der Waals surface area (Å²) in [4.78, 5) is 37.0. The summed E-state index contributed by atoms with van der Waals surface area (Å²) in [7, 11) is 3.65. The van der Waals surface area contributed by atoms with Gasteiger partial charge in [-0.2, -0.15) is 0 Å². The van der Waals surface area contributed by atoms with Gasteiger partial charge in [-0.15, -0.1) is 0 Å². The summed E-state index contributed by atoms with van der Waals surface area (Å²) < 4.78 is 14.4. The van der Waals surface area contributed by atoms with Gasteiger partial charge in [-0.05, 0) is 44.5 Å². The number of anilines is 1. The molecule has 1 fully saturated rings. The van der Waals surface area contributed by atoms with Gasteiger partial charge in [-0.25, -0.2) is 24.3 Å². The number of piperidine rings is 1. The summed E-state index contributed by atoms with van der Waals surface area (Å²) in [5, 5.41) is 6.37. The van der Waals surface area contributed by atoms with Crippen molar-refractivity contribution in [2.75, 3.05) is 39.0 Å². The second kappa shape index (κ2) is 11.8. The zero-order chi connectivity index (χ0) is 27.4. The number of pyridine rings is 1. The maximum atomic E-state index is 14.4. The number of benzene rings is 1. The Kier molecular flexibility index (Phi) is 8.02. The number of likely N-dealkylation sites (tertiary alicyclic amines) is 1. The lowest BCUT2D eigenvalue weighted by Crippen LogP contribution is -2.31. The quantitative estimate of drug-likeness (QED) is 0.352. The lowest BCUT2D eigenvalue weighted by molar-refractivity contribution is 0.0960. The van der Waals surface area contributed by atoms with Crippen LogP contribution in [0.3, 0.4) is 0 Å². The molecule has 4 heterocycles. The van der Waals surface area contributed by atoms with Crippen LogP contribution in [-0.4, -0.2) is 69.5 Å². The summed E-state index contributed by atoms with van der Waals surface area (Å²) in [6.45, 7) is 4.86. The second-order valence-corrected chi connectivity index (χ2v) is 10.2. The van der Waals surface area contributed by atoms with Crippen molar-refractivity contribution in [2.24, 2.45) is 5.92 Å². The first-order valence-electron chi connectivity index (χ1n) is 13.3. The van der Waals surface area contributed by atoms with Crippen LogP contribution in [0, 0.1) is 11.7 Å². The van der Waals surface area contributed by atoms with E-state index in [1.54, 1.807) is 6.07 Å². The lowest BCUT2D eigenvalue weighted by Gasteiger charge is -2.28. The van der Waals surface area contributed by atoms with E-state index in [-0.39, 0.29) is 11.5 Å². The molecule has 2 N–H and O–H groups in total. The Morgan fingerprint density at radius 2 is 1.87 bits per heavy atom. The Labute approximate surface area is 227 Å². The third-order valence-corrected chi connectivity index (χ3v) is 7.43. The van der Waals surface area contributed by atoms with Crippen LogP contribution in [-0.2, 0) is 6.42 Å². The standard InChI is InChI=1S/C29H33FN8O/c1-18(21-5-4-6-22-27(29(39)31-2)23(30)16-35-28(21)22)13-32-26-12-24(36-17-37-26)20-14-33-25(34-15-20)11-19-7-9-38(3)10-8-19/h4-6,12,14-19H,7-11,13H2,1-3H3,(H,31,39)(H,32,36,37). The molecular weight excluding hydrogens is 495 g/mol. The van der Waals surface area contributed by atoms with E-state index in [0.717, 1.165) is 48.4 Å². The topological polar surface area (TPSA) is 109 Å². The Bertz CT molecular complexity index is 1450. The number of carbonyl (C=O) groups is 1. The first kappa shape index (κ1) is 26.6. The minimum absolute atomic E-state index is 0.00420. The number of carbonyl (C=O) groups excluding carboxylic acids is 1. The van der Waals surface area contributed by atoms with Gasteiger partial charge in [0.1, 0.15) is 18.0 Å². The summed E-state index contributed by atoms with van der Waals surface area (Å²) in [5.41, 5.74) is 3.09. The summed E-state index contributed by atoms with van der Waals surface area (Å²) in [6, 6.07) is 7.36. The molecule has 202 valence electrons. The molecule has 39 heavy (non-hydrogen) atoms. The molecule has 0 aliphatic carbocycles. The molecule has 1 unspecified atom stereocenters. The fraction of sp³-hybridized carbons (Fsp3) is 0.379. The van der Waals surface area contributed by atoms with E-state index < -0.39 is 11.7 Å². The van der Waals surface area contributed by atoms with E-state index in [9.17, 15) is 9.18 Å². The van der Waals surface area contributed by atoms with Crippen LogP contribution in [0.5, 0.6) is 0 Å². The SMILES string of the molecule is CNC(=O)c1c(F)cnc2c(C(C)CNc3cc(-c4cnc(CC5CCN(C)CC5)nc4)ncn3)cccc12. The van der Waals surface area contributed by atoms with Crippen molar-refractivity contribution in [2.45, 2.75) is 32.1 Å². The largest absolute Gasteiger partial charge is 0.369 e. The van der Waals surface area contributed by atoms with Crippen LogP contribution in [0.4, 0.5) is 10.2 Å². The summed E-state index contributed by atoms with van der Waals surface area (Å²) >= 11 is 0. The molecule has 1 aliphatic rings. The Morgan fingerprint density at radius 1 is 1.10 bits per heavy atom. The molecule has 0 saturated carbocycles. The van der Waals surface area contributed by atoms with Gasteiger partial charge in [0.05, 0.1) is 23.0 Å². The summed E-state index contributed by atoms with van der Waals surface area (Å²) in [5.74, 6) is 1.07. The molecule has 4 aromatic rings. The number of nitrogens with one attached hydrogen (secondary N) is 2. The molecule has 3 aromatic heterocycles. The second-order valence-electron chi connectivity index (χ2n) is 10.2. The van der Waals surface area contributed by atoms with E-state index in [0.29, 0.717) is 29.2 Å². The van der Waals surface area contributed by atoms with Crippen LogP contribution in [0.1, 0.15) is 47.4 Å². The van der Waals surface area contributed by atoms with E-state index in [4.69, 9.17) is 0 Å². The van der Waals surface area contributed by atoms with Gasteiger partial charge in [0.15, 0.2) is 5.82 Å². The maximum Gasteiger partial charge on any atom is 0.254 e. The van der Waals surface area contributed by atoms with Crippen molar-refractivity contribution < 1.29 is 9.18 Å². The molecule has 0 bridgehead atoms.